The van der Waals surface area contributed by atoms with Gasteiger partial charge in [-0.1, -0.05) is 37.6 Å². The third-order valence-electron chi connectivity index (χ3n) is 8.08. The maximum Gasteiger partial charge on any atom is 0.313 e. The lowest BCUT2D eigenvalue weighted by Crippen LogP contribution is -2.57. The van der Waals surface area contributed by atoms with Crippen molar-refractivity contribution in [3.63, 3.8) is 0 Å². The first kappa shape index (κ1) is 25.9. The van der Waals surface area contributed by atoms with E-state index < -0.39 is 35.0 Å². The third kappa shape index (κ3) is 4.44. The molecule has 4 aliphatic heterocycles. The molecule has 8 nitrogen and oxygen atoms in total. The van der Waals surface area contributed by atoms with Crippen molar-refractivity contribution in [2.45, 2.75) is 89.0 Å². The Labute approximate surface area is 208 Å². The number of nitrogens with zero attached hydrogens (tertiary/aromatic N) is 2. The average molecular weight is 489 g/mol. The molecular formula is C27H40N2O6. The fraction of sp³-hybridized carbons (Fsp3) is 0.741. The van der Waals surface area contributed by atoms with Crippen molar-refractivity contribution in [2.75, 3.05) is 26.3 Å². The molecule has 35 heavy (non-hydrogen) atoms. The smallest absolute Gasteiger partial charge is 0.313 e. The van der Waals surface area contributed by atoms with Crippen LogP contribution in [-0.4, -0.2) is 82.3 Å². The number of hydrogen-bond donors (Lipinski definition) is 1. The van der Waals surface area contributed by atoms with Crippen molar-refractivity contribution in [2.24, 2.45) is 11.8 Å². The highest BCUT2D eigenvalue weighted by Crippen LogP contribution is 2.57. The highest BCUT2D eigenvalue weighted by Gasteiger charge is 2.74. The first-order valence-electron chi connectivity index (χ1n) is 13.2. The van der Waals surface area contributed by atoms with E-state index in [-0.39, 0.29) is 24.5 Å². The molecule has 0 aliphatic carbocycles. The molecular weight excluding hydrogens is 448 g/mol. The van der Waals surface area contributed by atoms with Gasteiger partial charge in [-0.15, -0.1) is 0 Å². The number of hydrogen-bond acceptors (Lipinski definition) is 6. The first-order valence-corrected chi connectivity index (χ1v) is 13.2. The van der Waals surface area contributed by atoms with Gasteiger partial charge < -0.3 is 24.4 Å². The number of amides is 2. The van der Waals surface area contributed by atoms with Crippen LogP contribution in [0.4, 0.5) is 0 Å². The van der Waals surface area contributed by atoms with E-state index in [4.69, 9.17) is 9.47 Å². The number of likely N-dealkylation sites (tertiary alicyclic amines) is 1. The Balaban J connectivity index is 1.81. The second-order valence-electron chi connectivity index (χ2n) is 10.6. The van der Waals surface area contributed by atoms with Gasteiger partial charge in [0.2, 0.25) is 11.8 Å². The highest BCUT2D eigenvalue weighted by molar-refractivity contribution is 5.99. The van der Waals surface area contributed by atoms with Gasteiger partial charge in [-0.2, -0.15) is 0 Å². The van der Waals surface area contributed by atoms with Gasteiger partial charge in [-0.25, -0.2) is 0 Å². The summed E-state index contributed by atoms with van der Waals surface area (Å²) in [5.74, 6) is -2.50. The first-order chi connectivity index (χ1) is 16.8. The number of ether oxygens (including phenoxy) is 2. The molecule has 2 fully saturated rings. The third-order valence-corrected chi connectivity index (χ3v) is 8.08. The normalized spacial score (nSPS) is 36.8. The van der Waals surface area contributed by atoms with Crippen LogP contribution in [0.15, 0.2) is 24.3 Å². The predicted molar refractivity (Wildman–Crippen MR) is 130 cm³/mol. The van der Waals surface area contributed by atoms with Crippen LogP contribution < -0.4 is 0 Å². The SMILES string of the molecule is CCCC(C)N1CC=C[C@]23O[C@@]4(C)/C=C\CCCCOC(=O)[C@H]4[C@H]2C(=O)N(CCCCO)C3C1=O. The van der Waals surface area contributed by atoms with Crippen molar-refractivity contribution >= 4 is 17.8 Å². The zero-order valence-electron chi connectivity index (χ0n) is 21.3. The molecule has 0 saturated carbocycles. The molecule has 1 N–H and O–H groups in total. The molecule has 0 aromatic rings. The average Bonchev–Trinajstić information content (AvgIpc) is 3.14. The van der Waals surface area contributed by atoms with E-state index in [9.17, 15) is 19.5 Å². The van der Waals surface area contributed by atoms with Crippen LogP contribution in [0.3, 0.4) is 0 Å². The van der Waals surface area contributed by atoms with Crippen molar-refractivity contribution < 1.29 is 29.0 Å². The molecule has 1 spiro atoms. The van der Waals surface area contributed by atoms with Crippen LogP contribution in [-0.2, 0) is 23.9 Å². The maximum atomic E-state index is 14.1. The molecule has 2 amide bonds. The second-order valence-corrected chi connectivity index (χ2v) is 10.6. The summed E-state index contributed by atoms with van der Waals surface area (Å²) in [6.07, 6.45) is 13.1. The van der Waals surface area contributed by atoms with Gasteiger partial charge in [0.15, 0.2) is 0 Å². The van der Waals surface area contributed by atoms with E-state index in [2.05, 4.69) is 6.92 Å². The molecule has 4 heterocycles. The Morgan fingerprint density at radius 1 is 1.11 bits per heavy atom. The molecule has 194 valence electrons. The van der Waals surface area contributed by atoms with Crippen molar-refractivity contribution in [1.29, 1.82) is 0 Å². The summed E-state index contributed by atoms with van der Waals surface area (Å²) in [5.41, 5.74) is -2.30. The largest absolute Gasteiger partial charge is 0.465 e. The van der Waals surface area contributed by atoms with Crippen LogP contribution >= 0.6 is 0 Å². The number of unbranched alkanes of at least 4 members (excludes halogenated alkanes) is 1. The summed E-state index contributed by atoms with van der Waals surface area (Å²) in [4.78, 5) is 45.0. The van der Waals surface area contributed by atoms with Crippen LogP contribution in [0.25, 0.3) is 0 Å². The number of allylic oxidation sites excluding steroid dienone is 1. The minimum atomic E-state index is -1.25. The summed E-state index contributed by atoms with van der Waals surface area (Å²) in [6, 6.07) is -0.837. The Bertz CT molecular complexity index is 887. The summed E-state index contributed by atoms with van der Waals surface area (Å²) in [7, 11) is 0. The topological polar surface area (TPSA) is 96.4 Å². The van der Waals surface area contributed by atoms with Crippen LogP contribution in [0.2, 0.25) is 0 Å². The molecule has 0 bridgehead atoms. The second kappa shape index (κ2) is 10.4. The zero-order chi connectivity index (χ0) is 25.2. The molecule has 6 atom stereocenters. The summed E-state index contributed by atoms with van der Waals surface area (Å²) >= 11 is 0. The number of fused-ring (bicyclic) bond motifs is 2. The van der Waals surface area contributed by atoms with Crippen molar-refractivity contribution in [1.82, 2.24) is 9.80 Å². The summed E-state index contributed by atoms with van der Waals surface area (Å²) in [6.45, 7) is 7.06. The molecule has 2 saturated heterocycles. The minimum Gasteiger partial charge on any atom is -0.465 e. The monoisotopic (exact) mass is 488 g/mol. The van der Waals surface area contributed by atoms with Crippen LogP contribution in [0, 0.1) is 11.8 Å². The van der Waals surface area contributed by atoms with Gasteiger partial charge in [0.1, 0.15) is 17.6 Å². The lowest BCUT2D eigenvalue weighted by molar-refractivity contribution is -0.160. The Morgan fingerprint density at radius 2 is 1.91 bits per heavy atom. The minimum absolute atomic E-state index is 0.0169. The number of rotatable bonds is 7. The van der Waals surface area contributed by atoms with E-state index >= 15 is 0 Å². The zero-order valence-corrected chi connectivity index (χ0v) is 21.3. The molecule has 4 aliphatic rings. The molecule has 4 rings (SSSR count). The van der Waals surface area contributed by atoms with E-state index in [1.807, 2.05) is 43.1 Å². The lowest BCUT2D eigenvalue weighted by Gasteiger charge is -2.38. The fourth-order valence-corrected chi connectivity index (χ4v) is 6.42. The van der Waals surface area contributed by atoms with Gasteiger partial charge in [-0.3, -0.25) is 14.4 Å². The Morgan fingerprint density at radius 3 is 2.66 bits per heavy atom. The van der Waals surface area contributed by atoms with Crippen LogP contribution in [0.5, 0.6) is 0 Å². The number of aliphatic hydroxyl groups excluding tert-OH is 1. The van der Waals surface area contributed by atoms with Gasteiger partial charge in [0.05, 0.1) is 18.1 Å². The molecule has 0 radical (unpaired) electrons. The fourth-order valence-electron chi connectivity index (χ4n) is 6.42. The quantitative estimate of drug-likeness (QED) is 0.336. The summed E-state index contributed by atoms with van der Waals surface area (Å²) in [5, 5.41) is 9.32. The lowest BCUT2D eigenvalue weighted by atomic mass is 9.74. The Hall–Kier alpha value is -2.19. The van der Waals surface area contributed by atoms with Crippen LogP contribution in [0.1, 0.15) is 65.7 Å². The highest BCUT2D eigenvalue weighted by atomic mass is 16.6. The predicted octanol–water partition coefficient (Wildman–Crippen LogP) is 2.60. The standard InChI is InChI=1S/C27H40N2O6/c1-4-12-19(2)28-16-11-14-27-20(23(31)29(15-8-9-17-30)22(27)24(28)32)21-25(33)34-18-10-6-5-7-13-26(21,3)35-27/h7,11,13-14,19-22,30H,4-6,8-10,12,15-18H2,1-3H3/b13-7-/t19?,20-,21+,22?,26-,27-/m0/s1. The van der Waals surface area contributed by atoms with Crippen molar-refractivity contribution in [3.8, 4) is 0 Å². The maximum absolute atomic E-state index is 14.1. The van der Waals surface area contributed by atoms with E-state index in [0.29, 0.717) is 32.5 Å². The Kier molecular flexibility index (Phi) is 7.71. The number of esters is 1. The molecule has 0 aromatic heterocycles. The van der Waals surface area contributed by atoms with E-state index in [1.54, 1.807) is 4.90 Å². The molecule has 2 unspecified atom stereocenters. The van der Waals surface area contributed by atoms with Gasteiger partial charge in [0, 0.05) is 25.7 Å². The van der Waals surface area contributed by atoms with Gasteiger partial charge in [0.25, 0.3) is 0 Å². The molecule has 0 aromatic carbocycles. The summed E-state index contributed by atoms with van der Waals surface area (Å²) < 4.78 is 12.4. The number of aliphatic hydroxyl groups is 1. The number of carbonyl (C=O) groups is 3. The van der Waals surface area contributed by atoms with E-state index in [1.165, 1.54) is 0 Å². The van der Waals surface area contributed by atoms with Gasteiger partial charge in [-0.05, 0) is 52.4 Å². The van der Waals surface area contributed by atoms with Gasteiger partial charge >= 0.3 is 5.97 Å². The number of carbonyl (C=O) groups excluding carboxylic acids is 3. The van der Waals surface area contributed by atoms with E-state index in [0.717, 1.165) is 32.1 Å². The van der Waals surface area contributed by atoms with Crippen molar-refractivity contribution in [3.05, 3.63) is 24.3 Å². The molecule has 8 heteroatoms. The number of cyclic esters (lactones) is 1.